The molecular formula is C19H14INO6. The summed E-state index contributed by atoms with van der Waals surface area (Å²) in [5, 5.41) is 3.99. The Hall–Kier alpha value is -2.49. The fraction of sp³-hybridized carbons (Fsp3) is 0.263. The summed E-state index contributed by atoms with van der Waals surface area (Å²) >= 11 is 1.97. The van der Waals surface area contributed by atoms with Gasteiger partial charge in [0.1, 0.15) is 22.8 Å². The summed E-state index contributed by atoms with van der Waals surface area (Å²) < 4.78 is 16.4. The van der Waals surface area contributed by atoms with Crippen LogP contribution in [-0.2, 0) is 4.79 Å². The van der Waals surface area contributed by atoms with Gasteiger partial charge in [0.2, 0.25) is 17.3 Å². The number of rotatable bonds is 3. The minimum absolute atomic E-state index is 0.00262. The zero-order valence-electron chi connectivity index (χ0n) is 14.6. The lowest BCUT2D eigenvalue weighted by Crippen LogP contribution is -2.22. The van der Waals surface area contributed by atoms with Crippen LogP contribution in [-0.4, -0.2) is 36.7 Å². The van der Waals surface area contributed by atoms with Gasteiger partial charge in [-0.15, -0.1) is 0 Å². The summed E-state index contributed by atoms with van der Waals surface area (Å²) in [5.74, 6) is -0.528. The van der Waals surface area contributed by atoms with Gasteiger partial charge in [-0.3, -0.25) is 14.4 Å². The maximum absolute atomic E-state index is 13.3. The molecule has 0 saturated heterocycles. The average molecular weight is 479 g/mol. The molecule has 7 nitrogen and oxygen atoms in total. The van der Waals surface area contributed by atoms with E-state index in [9.17, 15) is 14.4 Å². The fourth-order valence-corrected chi connectivity index (χ4v) is 4.29. The van der Waals surface area contributed by atoms with Crippen LogP contribution in [0.3, 0.4) is 0 Å². The van der Waals surface area contributed by atoms with E-state index in [0.717, 1.165) is 0 Å². The Morgan fingerprint density at radius 3 is 2.22 bits per heavy atom. The van der Waals surface area contributed by atoms with Crippen molar-refractivity contribution in [3.05, 3.63) is 43.9 Å². The first kappa shape index (κ1) is 17.9. The lowest BCUT2D eigenvalue weighted by atomic mass is 9.83. The van der Waals surface area contributed by atoms with Gasteiger partial charge in [-0.05, 0) is 53.1 Å². The molecule has 0 N–H and O–H groups in total. The van der Waals surface area contributed by atoms with Crippen molar-refractivity contribution in [2.75, 3.05) is 14.2 Å². The number of Topliss-reactive ketones (excluding diaryl/α,β-unsaturated/α-hetero) is 1. The molecule has 2 aromatic rings. The molecule has 0 unspecified atom stereocenters. The molecule has 2 aliphatic rings. The number of halogens is 1. The number of benzene rings is 1. The zero-order chi connectivity index (χ0) is 19.3. The standard InChI is InChI=1S/C19H14INO6/c1-25-10-6-7-11(26-2)13-12(10)17(23)14-16(21-27-19(14)18(13)24)8-4-3-5-9(22)15(8)20/h6-7H,3-5H2,1-2H3. The van der Waals surface area contributed by atoms with Crippen LogP contribution in [0.15, 0.2) is 20.2 Å². The topological polar surface area (TPSA) is 95.7 Å². The van der Waals surface area contributed by atoms with Crippen LogP contribution < -0.4 is 9.47 Å². The molecule has 1 aromatic carbocycles. The predicted molar refractivity (Wildman–Crippen MR) is 103 cm³/mol. The quantitative estimate of drug-likeness (QED) is 0.532. The van der Waals surface area contributed by atoms with E-state index in [1.165, 1.54) is 14.2 Å². The molecule has 0 amide bonds. The highest BCUT2D eigenvalue weighted by Gasteiger charge is 2.42. The number of ketones is 3. The highest BCUT2D eigenvalue weighted by molar-refractivity contribution is 14.1. The molecule has 0 fully saturated rings. The molecule has 138 valence electrons. The van der Waals surface area contributed by atoms with E-state index in [1.54, 1.807) is 12.1 Å². The molecule has 0 aliphatic heterocycles. The minimum atomic E-state index is -0.494. The van der Waals surface area contributed by atoms with Gasteiger partial charge in [-0.25, -0.2) is 0 Å². The fourth-order valence-electron chi connectivity index (χ4n) is 3.49. The van der Waals surface area contributed by atoms with E-state index in [2.05, 4.69) is 5.16 Å². The van der Waals surface area contributed by atoms with Crippen molar-refractivity contribution in [2.45, 2.75) is 19.3 Å². The Morgan fingerprint density at radius 1 is 0.963 bits per heavy atom. The summed E-state index contributed by atoms with van der Waals surface area (Å²) in [4.78, 5) is 38.4. The SMILES string of the molecule is COc1ccc(OC)c2c1C(=O)c1onc(C3=C(I)C(=O)CCC3)c1C2=O. The largest absolute Gasteiger partial charge is 0.496 e. The number of carbonyl (C=O) groups is 3. The maximum atomic E-state index is 13.3. The van der Waals surface area contributed by atoms with Crippen molar-refractivity contribution in [1.82, 2.24) is 5.16 Å². The van der Waals surface area contributed by atoms with Crippen molar-refractivity contribution in [3.63, 3.8) is 0 Å². The number of carbonyl (C=O) groups excluding carboxylic acids is 3. The van der Waals surface area contributed by atoms with Gasteiger partial charge < -0.3 is 14.0 Å². The number of fused-ring (bicyclic) bond motifs is 2. The molecule has 0 atom stereocenters. The van der Waals surface area contributed by atoms with Gasteiger partial charge in [0.25, 0.3) is 0 Å². The third-order valence-electron chi connectivity index (χ3n) is 4.77. The van der Waals surface area contributed by atoms with Crippen LogP contribution in [0.1, 0.15) is 57.0 Å². The number of hydrogen-bond donors (Lipinski definition) is 0. The lowest BCUT2D eigenvalue weighted by Gasteiger charge is -2.20. The van der Waals surface area contributed by atoms with Gasteiger partial charge in [-0.1, -0.05) is 5.16 Å². The van der Waals surface area contributed by atoms with Gasteiger partial charge in [-0.2, -0.15) is 0 Å². The third-order valence-corrected chi connectivity index (χ3v) is 6.03. The van der Waals surface area contributed by atoms with Crippen LogP contribution >= 0.6 is 22.6 Å². The third kappa shape index (κ3) is 2.53. The molecule has 4 rings (SSSR count). The van der Waals surface area contributed by atoms with Gasteiger partial charge in [0.05, 0.1) is 28.9 Å². The Labute approximate surface area is 167 Å². The smallest absolute Gasteiger partial charge is 0.236 e. The monoisotopic (exact) mass is 479 g/mol. The van der Waals surface area contributed by atoms with Crippen LogP contribution in [0.5, 0.6) is 11.5 Å². The molecule has 0 radical (unpaired) electrons. The average Bonchev–Trinajstić information content (AvgIpc) is 3.12. The lowest BCUT2D eigenvalue weighted by molar-refractivity contribution is -0.115. The van der Waals surface area contributed by atoms with Crippen molar-refractivity contribution >= 4 is 45.5 Å². The van der Waals surface area contributed by atoms with E-state index < -0.39 is 11.6 Å². The maximum Gasteiger partial charge on any atom is 0.236 e. The second-order valence-corrected chi connectivity index (χ2v) is 7.26. The summed E-state index contributed by atoms with van der Waals surface area (Å²) in [5.41, 5.74) is 1.20. The Kier molecular flexibility index (Phi) is 4.37. The van der Waals surface area contributed by atoms with Crippen molar-refractivity contribution in [1.29, 1.82) is 0 Å². The second kappa shape index (κ2) is 6.59. The van der Waals surface area contributed by atoms with E-state index in [1.807, 2.05) is 22.6 Å². The second-order valence-electron chi connectivity index (χ2n) is 6.18. The Bertz CT molecular complexity index is 1050. The van der Waals surface area contributed by atoms with Gasteiger partial charge in [0, 0.05) is 6.42 Å². The molecular weight excluding hydrogens is 465 g/mol. The molecule has 27 heavy (non-hydrogen) atoms. The number of nitrogens with zero attached hydrogens (tertiary/aromatic N) is 1. The van der Waals surface area contributed by atoms with E-state index in [4.69, 9.17) is 14.0 Å². The first-order chi connectivity index (χ1) is 13.0. The zero-order valence-corrected chi connectivity index (χ0v) is 16.7. The Morgan fingerprint density at radius 2 is 1.59 bits per heavy atom. The van der Waals surface area contributed by atoms with Crippen LogP contribution in [0.25, 0.3) is 5.57 Å². The van der Waals surface area contributed by atoms with Gasteiger partial charge >= 0.3 is 0 Å². The molecule has 1 aromatic heterocycles. The van der Waals surface area contributed by atoms with Crippen molar-refractivity contribution < 1.29 is 28.4 Å². The van der Waals surface area contributed by atoms with Crippen LogP contribution in [0.2, 0.25) is 0 Å². The highest BCUT2D eigenvalue weighted by atomic mass is 127. The molecule has 8 heteroatoms. The molecule has 0 spiro atoms. The number of methoxy groups -OCH3 is 2. The van der Waals surface area contributed by atoms with E-state index in [-0.39, 0.29) is 45.4 Å². The molecule has 1 heterocycles. The first-order valence-electron chi connectivity index (χ1n) is 8.25. The van der Waals surface area contributed by atoms with E-state index in [0.29, 0.717) is 28.4 Å². The normalized spacial score (nSPS) is 16.3. The number of aromatic nitrogens is 1. The van der Waals surface area contributed by atoms with Crippen LogP contribution in [0, 0.1) is 0 Å². The molecule has 0 bridgehead atoms. The minimum Gasteiger partial charge on any atom is -0.496 e. The summed E-state index contributed by atoms with van der Waals surface area (Å²) in [6.45, 7) is 0. The summed E-state index contributed by atoms with van der Waals surface area (Å²) in [7, 11) is 2.84. The van der Waals surface area contributed by atoms with Crippen molar-refractivity contribution in [3.8, 4) is 11.5 Å². The van der Waals surface area contributed by atoms with Crippen molar-refractivity contribution in [2.24, 2.45) is 0 Å². The number of allylic oxidation sites excluding steroid dienone is 2. The molecule has 0 saturated carbocycles. The predicted octanol–water partition coefficient (Wildman–Crippen LogP) is 3.37. The van der Waals surface area contributed by atoms with E-state index >= 15 is 0 Å². The highest BCUT2D eigenvalue weighted by Crippen LogP contribution is 2.42. The van der Waals surface area contributed by atoms with Crippen LogP contribution in [0.4, 0.5) is 0 Å². The molecule has 2 aliphatic carbocycles. The van der Waals surface area contributed by atoms with Gasteiger partial charge in [0.15, 0.2) is 5.78 Å². The number of hydrogen-bond acceptors (Lipinski definition) is 7. The first-order valence-corrected chi connectivity index (χ1v) is 9.33. The summed E-state index contributed by atoms with van der Waals surface area (Å²) in [6, 6.07) is 3.14. The number of ether oxygens (including phenoxy) is 2. The summed E-state index contributed by atoms with van der Waals surface area (Å²) in [6.07, 6.45) is 1.72. The Balaban J connectivity index is 1.98.